The second-order valence-corrected chi connectivity index (χ2v) is 12.7. The van der Waals surface area contributed by atoms with Crippen molar-refractivity contribution in [2.45, 2.75) is 68.0 Å². The first-order chi connectivity index (χ1) is 16.0. The van der Waals surface area contributed by atoms with Crippen molar-refractivity contribution in [1.29, 1.82) is 0 Å². The molecule has 3 bridgehead atoms. The van der Waals surface area contributed by atoms with E-state index in [2.05, 4.69) is 10.6 Å². The monoisotopic (exact) mass is 499 g/mol. The van der Waals surface area contributed by atoms with E-state index in [4.69, 9.17) is 0 Å². The number of nitrogens with zero attached hydrogens (tertiary/aromatic N) is 1. The van der Waals surface area contributed by atoms with Crippen LogP contribution in [0.25, 0.3) is 0 Å². The lowest BCUT2D eigenvalue weighted by Crippen LogP contribution is -2.54. The van der Waals surface area contributed by atoms with Gasteiger partial charge in [-0.3, -0.25) is 0 Å². The molecule has 1 saturated heterocycles. The summed E-state index contributed by atoms with van der Waals surface area (Å²) in [5.74, 6) is 2.08. The molecule has 0 spiro atoms. The van der Waals surface area contributed by atoms with Crippen LogP contribution in [-0.2, 0) is 16.2 Å². The predicted octanol–water partition coefficient (Wildman–Crippen LogP) is 4.37. The summed E-state index contributed by atoms with van der Waals surface area (Å²) in [6.45, 7) is 0.894. The maximum absolute atomic E-state index is 12.9. The molecular weight excluding hydrogens is 467 g/mol. The molecule has 1 aromatic carbocycles. The van der Waals surface area contributed by atoms with E-state index in [0.29, 0.717) is 18.9 Å². The average molecular weight is 500 g/mol. The molecule has 4 aliphatic rings. The number of rotatable bonds is 5. The number of carbonyl (C=O) groups is 1. The van der Waals surface area contributed by atoms with Crippen molar-refractivity contribution >= 4 is 16.1 Å². The van der Waals surface area contributed by atoms with Crippen LogP contribution in [0.5, 0.6) is 0 Å². The fraction of sp³-hybridized carbons (Fsp3) is 0.708. The molecule has 188 valence electrons. The molecule has 4 fully saturated rings. The molecule has 2 amide bonds. The van der Waals surface area contributed by atoms with Gasteiger partial charge in [0.1, 0.15) is 0 Å². The quantitative estimate of drug-likeness (QED) is 0.632. The number of fused-ring (bicyclic) bond motifs is 2. The van der Waals surface area contributed by atoms with Gasteiger partial charge in [0.2, 0.25) is 10.0 Å². The van der Waals surface area contributed by atoms with Crippen LogP contribution in [0.3, 0.4) is 0 Å². The molecule has 34 heavy (non-hydrogen) atoms. The van der Waals surface area contributed by atoms with E-state index in [-0.39, 0.29) is 35.5 Å². The highest BCUT2D eigenvalue weighted by atomic mass is 32.2. The third-order valence-electron chi connectivity index (χ3n) is 8.55. The minimum absolute atomic E-state index is 0.0335. The van der Waals surface area contributed by atoms with Crippen molar-refractivity contribution in [2.24, 2.45) is 23.7 Å². The largest absolute Gasteiger partial charge is 0.416 e. The summed E-state index contributed by atoms with van der Waals surface area (Å²) in [6.07, 6.45) is 4.36. The van der Waals surface area contributed by atoms with E-state index in [1.54, 1.807) is 0 Å². The fourth-order valence-electron chi connectivity index (χ4n) is 6.98. The molecule has 1 aliphatic heterocycles. The zero-order valence-electron chi connectivity index (χ0n) is 19.1. The third-order valence-corrected chi connectivity index (χ3v) is 10.4. The number of hydrogen-bond donors (Lipinski definition) is 2. The van der Waals surface area contributed by atoms with E-state index < -0.39 is 21.8 Å². The van der Waals surface area contributed by atoms with E-state index >= 15 is 0 Å². The van der Waals surface area contributed by atoms with Crippen molar-refractivity contribution in [1.82, 2.24) is 14.9 Å². The number of nitrogens with one attached hydrogen (secondary N) is 2. The smallest absolute Gasteiger partial charge is 0.338 e. The summed E-state index contributed by atoms with van der Waals surface area (Å²) in [4.78, 5) is 12.7. The molecule has 3 unspecified atom stereocenters. The molecule has 2 N–H and O–H groups in total. The lowest BCUT2D eigenvalue weighted by Gasteiger charge is -2.35. The van der Waals surface area contributed by atoms with Gasteiger partial charge in [-0.15, -0.1) is 0 Å². The molecule has 0 aromatic heterocycles. The van der Waals surface area contributed by atoms with Crippen LogP contribution in [0, 0.1) is 23.7 Å². The number of amides is 2. The second-order valence-electron chi connectivity index (χ2n) is 10.8. The van der Waals surface area contributed by atoms with Crippen molar-refractivity contribution < 1.29 is 26.4 Å². The number of carbonyl (C=O) groups excluding carboxylic acids is 1. The number of sulfonamides is 1. The molecule has 5 atom stereocenters. The Labute approximate surface area is 198 Å². The topological polar surface area (TPSA) is 78.5 Å². The molecule has 3 aliphatic carbocycles. The van der Waals surface area contributed by atoms with Crippen LogP contribution in [-0.4, -0.2) is 43.9 Å². The van der Waals surface area contributed by atoms with Gasteiger partial charge < -0.3 is 10.6 Å². The summed E-state index contributed by atoms with van der Waals surface area (Å²) in [5, 5.41) is 6.29. The van der Waals surface area contributed by atoms with E-state index in [1.807, 2.05) is 0 Å². The molecule has 1 heterocycles. The minimum atomic E-state index is -4.51. The molecular formula is C24H32F3N3O3S. The van der Waals surface area contributed by atoms with Gasteiger partial charge in [-0.25, -0.2) is 13.2 Å². The number of alkyl halides is 3. The Morgan fingerprint density at radius 3 is 2.56 bits per heavy atom. The average Bonchev–Trinajstić information content (AvgIpc) is 3.32. The van der Waals surface area contributed by atoms with Crippen LogP contribution in [0.4, 0.5) is 18.0 Å². The number of urea groups is 1. The molecule has 0 radical (unpaired) electrons. The third kappa shape index (κ3) is 4.55. The Hall–Kier alpha value is -1.81. The zero-order chi connectivity index (χ0) is 24.1. The Bertz CT molecular complexity index is 1030. The first-order valence-corrected chi connectivity index (χ1v) is 13.7. The van der Waals surface area contributed by atoms with Crippen molar-refractivity contribution in [3.63, 3.8) is 0 Å². The molecule has 6 nitrogen and oxygen atoms in total. The Morgan fingerprint density at radius 2 is 1.82 bits per heavy atom. The zero-order valence-corrected chi connectivity index (χ0v) is 19.9. The maximum atomic E-state index is 12.9. The van der Waals surface area contributed by atoms with Gasteiger partial charge >= 0.3 is 12.2 Å². The van der Waals surface area contributed by atoms with Gasteiger partial charge in [0, 0.05) is 25.2 Å². The Morgan fingerprint density at radius 1 is 1.09 bits per heavy atom. The van der Waals surface area contributed by atoms with Crippen LogP contribution in [0.15, 0.2) is 29.2 Å². The van der Waals surface area contributed by atoms with Gasteiger partial charge in [0.05, 0.1) is 10.5 Å². The number of halogens is 3. The second kappa shape index (κ2) is 8.69. The van der Waals surface area contributed by atoms with Crippen LogP contribution >= 0.6 is 0 Å². The summed E-state index contributed by atoms with van der Waals surface area (Å²) < 4.78 is 65.4. The van der Waals surface area contributed by atoms with Gasteiger partial charge in [-0.05, 0) is 86.5 Å². The van der Waals surface area contributed by atoms with Crippen molar-refractivity contribution in [3.05, 3.63) is 29.8 Å². The first kappa shape index (κ1) is 23.9. The molecule has 5 rings (SSSR count). The van der Waals surface area contributed by atoms with E-state index in [9.17, 15) is 26.4 Å². The van der Waals surface area contributed by atoms with Gasteiger partial charge in [-0.2, -0.15) is 17.5 Å². The lowest BCUT2D eigenvalue weighted by atomic mass is 9.79. The summed E-state index contributed by atoms with van der Waals surface area (Å²) in [6, 6.07) is 3.42. The molecule has 3 saturated carbocycles. The van der Waals surface area contributed by atoms with Gasteiger partial charge in [0.25, 0.3) is 0 Å². The van der Waals surface area contributed by atoms with E-state index in [1.165, 1.54) is 30.0 Å². The van der Waals surface area contributed by atoms with Crippen LogP contribution in [0.1, 0.15) is 56.9 Å². The lowest BCUT2D eigenvalue weighted by molar-refractivity contribution is -0.137. The standard InChI is InChI=1S/C24H32F3N3O3S/c25-24(26,27)19-3-5-21(6-4-19)34(32,33)30-9-7-17(15-30)14-28-22(31)29-23-8-1-2-16-10-18(13-23)12-20(23)11-16/h3-6,16-18,20H,1-2,7-15H2,(H2,28,29,31)/t16-,17?,18+,20?,23?/m1/s1. The first-order valence-electron chi connectivity index (χ1n) is 12.3. The summed E-state index contributed by atoms with van der Waals surface area (Å²) in [5.41, 5.74) is -0.969. The maximum Gasteiger partial charge on any atom is 0.416 e. The highest BCUT2D eigenvalue weighted by Gasteiger charge is 2.53. The highest BCUT2D eigenvalue weighted by molar-refractivity contribution is 7.89. The van der Waals surface area contributed by atoms with Crippen molar-refractivity contribution in [2.75, 3.05) is 19.6 Å². The predicted molar refractivity (Wildman–Crippen MR) is 120 cm³/mol. The Kier molecular flexibility index (Phi) is 6.11. The van der Waals surface area contributed by atoms with Crippen LogP contribution in [0.2, 0.25) is 0 Å². The minimum Gasteiger partial charge on any atom is -0.338 e. The number of hydrogen-bond acceptors (Lipinski definition) is 3. The highest BCUT2D eigenvalue weighted by Crippen LogP contribution is 2.55. The number of benzene rings is 1. The normalized spacial score (nSPS) is 33.6. The van der Waals surface area contributed by atoms with Gasteiger partial charge in [0.15, 0.2) is 0 Å². The molecule has 10 heteroatoms. The SMILES string of the molecule is O=C(NCC1CCN(S(=O)(=O)c2ccc(C(F)(F)F)cc2)C1)NC12CCC[C@H]3CC1C[C@H](C3)C2. The van der Waals surface area contributed by atoms with E-state index in [0.717, 1.165) is 55.4 Å². The molecule has 1 aromatic rings. The van der Waals surface area contributed by atoms with Crippen LogP contribution < -0.4 is 10.6 Å². The van der Waals surface area contributed by atoms with Crippen molar-refractivity contribution in [3.8, 4) is 0 Å². The Balaban J connectivity index is 1.15. The fourth-order valence-corrected chi connectivity index (χ4v) is 8.51. The van der Waals surface area contributed by atoms with Gasteiger partial charge in [-0.1, -0.05) is 12.8 Å². The summed E-state index contributed by atoms with van der Waals surface area (Å²) >= 11 is 0. The summed E-state index contributed by atoms with van der Waals surface area (Å²) in [7, 11) is -3.88.